The highest BCUT2D eigenvalue weighted by molar-refractivity contribution is 5.75. The summed E-state index contributed by atoms with van der Waals surface area (Å²) in [6.45, 7) is 7.74. The average Bonchev–Trinajstić information content (AvgIpc) is 2.80. The third kappa shape index (κ3) is 3.05. The van der Waals surface area contributed by atoms with Crippen LogP contribution in [0.15, 0.2) is 4.63 Å². The third-order valence-corrected chi connectivity index (χ3v) is 4.77. The number of carboxylic acids is 1. The minimum atomic E-state index is -0.771. The van der Waals surface area contributed by atoms with E-state index in [1.165, 1.54) is 0 Å². The summed E-state index contributed by atoms with van der Waals surface area (Å²) in [7, 11) is 0. The van der Waals surface area contributed by atoms with E-state index in [9.17, 15) is 9.59 Å². The lowest BCUT2D eigenvalue weighted by atomic mass is 9.53. The third-order valence-electron chi connectivity index (χ3n) is 4.77. The lowest BCUT2D eigenvalue weighted by molar-refractivity contribution is -0.160. The summed E-state index contributed by atoms with van der Waals surface area (Å²) >= 11 is 0. The molecule has 1 saturated carbocycles. The molecule has 3 atom stereocenters. The number of aromatic nitrogens is 2. The number of carbonyl (C=O) groups excluding carboxylic acids is 1. The van der Waals surface area contributed by atoms with Gasteiger partial charge in [0.25, 0.3) is 0 Å². The first-order valence-corrected chi connectivity index (χ1v) is 7.28. The van der Waals surface area contributed by atoms with Crippen LogP contribution in [-0.4, -0.2) is 33.5 Å². The first kappa shape index (κ1) is 16.3. The second-order valence-corrected chi connectivity index (χ2v) is 6.47. The lowest BCUT2D eigenvalue weighted by Gasteiger charge is -2.52. The Morgan fingerprint density at radius 1 is 1.45 bits per heavy atom. The molecular formula is C14H22N4O4. The van der Waals surface area contributed by atoms with Crippen molar-refractivity contribution >= 4 is 12.0 Å². The first-order chi connectivity index (χ1) is 10.2. The van der Waals surface area contributed by atoms with Crippen molar-refractivity contribution in [1.29, 1.82) is 0 Å². The maximum Gasteiger partial charge on any atom is 0.315 e. The van der Waals surface area contributed by atoms with Crippen molar-refractivity contribution in [2.45, 2.75) is 46.7 Å². The van der Waals surface area contributed by atoms with E-state index in [1.807, 2.05) is 20.8 Å². The fourth-order valence-electron chi connectivity index (χ4n) is 3.16. The normalized spacial score (nSPS) is 24.2. The summed E-state index contributed by atoms with van der Waals surface area (Å²) in [5.74, 6) is -0.990. The Kier molecular flexibility index (Phi) is 4.39. The van der Waals surface area contributed by atoms with Gasteiger partial charge in [-0.25, -0.2) is 9.42 Å². The second kappa shape index (κ2) is 5.94. The summed E-state index contributed by atoms with van der Waals surface area (Å²) in [4.78, 5) is 23.0. The van der Waals surface area contributed by atoms with Gasteiger partial charge in [0.15, 0.2) is 0 Å². The molecule has 1 fully saturated rings. The van der Waals surface area contributed by atoms with Crippen LogP contribution >= 0.6 is 0 Å². The fourth-order valence-corrected chi connectivity index (χ4v) is 3.16. The molecular weight excluding hydrogens is 288 g/mol. The number of nitrogens with one attached hydrogen (secondary N) is 2. The van der Waals surface area contributed by atoms with Gasteiger partial charge in [-0.05, 0) is 31.6 Å². The van der Waals surface area contributed by atoms with Gasteiger partial charge >= 0.3 is 12.0 Å². The number of rotatable bonds is 5. The van der Waals surface area contributed by atoms with Gasteiger partial charge in [-0.1, -0.05) is 24.2 Å². The average molecular weight is 310 g/mol. The monoisotopic (exact) mass is 310 g/mol. The Hall–Kier alpha value is -2.12. The molecule has 8 nitrogen and oxygen atoms in total. The Bertz CT molecular complexity index is 569. The highest BCUT2D eigenvalue weighted by Crippen LogP contribution is 2.52. The molecule has 0 spiro atoms. The smallest absolute Gasteiger partial charge is 0.315 e. The lowest BCUT2D eigenvalue weighted by Crippen LogP contribution is -2.57. The molecule has 0 aliphatic heterocycles. The van der Waals surface area contributed by atoms with Crippen molar-refractivity contribution in [3.05, 3.63) is 11.4 Å². The molecule has 1 heterocycles. The van der Waals surface area contributed by atoms with Crippen molar-refractivity contribution in [3.8, 4) is 0 Å². The number of nitrogens with zero attached hydrogens (tertiary/aromatic N) is 2. The summed E-state index contributed by atoms with van der Waals surface area (Å²) < 4.78 is 4.56. The van der Waals surface area contributed by atoms with E-state index in [0.717, 1.165) is 0 Å². The molecule has 0 aromatic carbocycles. The van der Waals surface area contributed by atoms with Crippen LogP contribution in [0.4, 0.5) is 4.79 Å². The van der Waals surface area contributed by atoms with Gasteiger partial charge in [0.05, 0.1) is 12.5 Å². The summed E-state index contributed by atoms with van der Waals surface area (Å²) in [5.41, 5.74) is 0.890. The number of carbonyl (C=O) groups is 2. The van der Waals surface area contributed by atoms with E-state index in [1.54, 1.807) is 6.92 Å². The molecule has 1 unspecified atom stereocenters. The number of urea groups is 1. The predicted octanol–water partition coefficient (Wildman–Crippen LogP) is 1.31. The van der Waals surface area contributed by atoms with Gasteiger partial charge in [0.1, 0.15) is 11.4 Å². The van der Waals surface area contributed by atoms with Crippen LogP contribution in [0, 0.1) is 24.2 Å². The molecule has 22 heavy (non-hydrogen) atoms. The summed E-state index contributed by atoms with van der Waals surface area (Å²) in [6.07, 6.45) is 0.579. The zero-order valence-corrected chi connectivity index (χ0v) is 13.2. The molecule has 0 saturated heterocycles. The molecule has 0 radical (unpaired) electrons. The van der Waals surface area contributed by atoms with Gasteiger partial charge in [-0.3, -0.25) is 4.79 Å². The van der Waals surface area contributed by atoms with E-state index in [0.29, 0.717) is 17.8 Å². The molecule has 0 bridgehead atoms. The Morgan fingerprint density at radius 3 is 2.64 bits per heavy atom. The zero-order valence-electron chi connectivity index (χ0n) is 13.2. The number of hydrogen-bond donors (Lipinski definition) is 3. The molecule has 1 aliphatic carbocycles. The van der Waals surface area contributed by atoms with Crippen LogP contribution in [0.25, 0.3) is 0 Å². The SMILES string of the molecule is Cc1nonc1CNC(=O)NC(C)[C@@H]1C[C@H](C(=O)O)C1(C)C. The van der Waals surface area contributed by atoms with Gasteiger partial charge < -0.3 is 15.7 Å². The fraction of sp³-hybridized carbons (Fsp3) is 0.714. The molecule has 2 amide bonds. The molecule has 3 N–H and O–H groups in total. The van der Waals surface area contributed by atoms with E-state index < -0.39 is 5.97 Å². The van der Waals surface area contributed by atoms with Crippen LogP contribution in [0.2, 0.25) is 0 Å². The maximum atomic E-state index is 11.9. The highest BCUT2D eigenvalue weighted by atomic mass is 16.6. The number of carboxylic acid groups (broad SMARTS) is 1. The van der Waals surface area contributed by atoms with Crippen LogP contribution < -0.4 is 10.6 Å². The molecule has 122 valence electrons. The number of aryl methyl sites for hydroxylation is 1. The van der Waals surface area contributed by atoms with Crippen molar-refractivity contribution in [3.63, 3.8) is 0 Å². The Labute approximate surface area is 128 Å². The van der Waals surface area contributed by atoms with Crippen LogP contribution in [0.1, 0.15) is 38.6 Å². The number of amides is 2. The Balaban J connectivity index is 1.82. The van der Waals surface area contributed by atoms with Gasteiger partial charge in [0, 0.05) is 6.04 Å². The van der Waals surface area contributed by atoms with E-state index in [-0.39, 0.29) is 35.9 Å². The topological polar surface area (TPSA) is 117 Å². The molecule has 8 heteroatoms. The van der Waals surface area contributed by atoms with Crippen molar-refractivity contribution in [2.24, 2.45) is 17.3 Å². The predicted molar refractivity (Wildman–Crippen MR) is 76.9 cm³/mol. The highest BCUT2D eigenvalue weighted by Gasteiger charge is 2.53. The van der Waals surface area contributed by atoms with Crippen molar-refractivity contribution in [2.75, 3.05) is 0 Å². The van der Waals surface area contributed by atoms with Gasteiger partial charge in [-0.15, -0.1) is 0 Å². The second-order valence-electron chi connectivity index (χ2n) is 6.47. The van der Waals surface area contributed by atoms with E-state index in [2.05, 4.69) is 25.6 Å². The van der Waals surface area contributed by atoms with E-state index >= 15 is 0 Å². The molecule has 1 aromatic rings. The van der Waals surface area contributed by atoms with Crippen LogP contribution in [0.3, 0.4) is 0 Å². The molecule has 2 rings (SSSR count). The van der Waals surface area contributed by atoms with Gasteiger partial charge in [0.2, 0.25) is 0 Å². The van der Waals surface area contributed by atoms with E-state index in [4.69, 9.17) is 5.11 Å². The number of aliphatic carboxylic acids is 1. The Morgan fingerprint density at radius 2 is 2.14 bits per heavy atom. The van der Waals surface area contributed by atoms with Crippen molar-refractivity contribution in [1.82, 2.24) is 20.9 Å². The minimum absolute atomic E-state index is 0.109. The van der Waals surface area contributed by atoms with Crippen LogP contribution in [0.5, 0.6) is 0 Å². The first-order valence-electron chi connectivity index (χ1n) is 7.28. The summed E-state index contributed by atoms with van der Waals surface area (Å²) in [5, 5.41) is 22.0. The largest absolute Gasteiger partial charge is 0.481 e. The maximum absolute atomic E-state index is 11.9. The number of hydrogen-bond acceptors (Lipinski definition) is 5. The van der Waals surface area contributed by atoms with Gasteiger partial charge in [-0.2, -0.15) is 0 Å². The van der Waals surface area contributed by atoms with Crippen molar-refractivity contribution < 1.29 is 19.3 Å². The minimum Gasteiger partial charge on any atom is -0.481 e. The zero-order chi connectivity index (χ0) is 16.5. The van der Waals surface area contributed by atoms with Crippen LogP contribution in [-0.2, 0) is 11.3 Å². The standard InChI is InChI=1S/C14H22N4O4/c1-7(9-5-10(12(19)20)14(9,3)4)16-13(21)15-6-11-8(2)17-22-18-11/h7,9-10H,5-6H2,1-4H3,(H,19,20)(H2,15,16,21)/t7?,9-,10+/m0/s1. The molecule has 1 aliphatic rings. The quantitative estimate of drug-likeness (QED) is 0.755. The summed E-state index contributed by atoms with van der Waals surface area (Å²) in [6, 6.07) is -0.424. The molecule has 1 aromatic heterocycles.